The van der Waals surface area contributed by atoms with E-state index in [9.17, 15) is 0 Å². The highest BCUT2D eigenvalue weighted by Crippen LogP contribution is 2.20. The second-order valence-electron chi connectivity index (χ2n) is 3.80. The Morgan fingerprint density at radius 3 is 2.15 bits per heavy atom. The lowest BCUT2D eigenvalue weighted by atomic mass is 9.99. The van der Waals surface area contributed by atoms with Crippen LogP contribution < -0.4 is 4.23 Å². The number of hydrogen-bond donors (Lipinski definition) is 0. The topological polar surface area (TPSA) is 3.24 Å². The van der Waals surface area contributed by atoms with Gasteiger partial charge >= 0.3 is 0 Å². The predicted octanol–water partition coefficient (Wildman–Crippen LogP) is 0.567. The van der Waals surface area contributed by atoms with E-state index in [1.54, 1.807) is 0 Å². The van der Waals surface area contributed by atoms with Gasteiger partial charge in [-0.15, -0.1) is 0 Å². The first kappa shape index (κ1) is 10.5. The van der Waals surface area contributed by atoms with Crippen LogP contribution in [0.25, 0.3) is 0 Å². The lowest BCUT2D eigenvalue weighted by Gasteiger charge is -2.15. The van der Waals surface area contributed by atoms with Crippen LogP contribution in [-0.4, -0.2) is 20.8 Å². The summed E-state index contributed by atoms with van der Waals surface area (Å²) in [6.07, 6.45) is 1.23. The molecule has 0 radical (unpaired) electrons. The molecule has 0 saturated carbocycles. The number of benzene rings is 1. The maximum absolute atomic E-state index is 2.40. The van der Waals surface area contributed by atoms with Gasteiger partial charge in [0.05, 0.1) is 20.8 Å². The van der Waals surface area contributed by atoms with E-state index in [1.165, 1.54) is 17.7 Å². The summed E-state index contributed by atoms with van der Waals surface area (Å²) in [5.41, 5.74) is 2.86. The van der Waals surface area contributed by atoms with Gasteiger partial charge in [0, 0.05) is 5.69 Å². The van der Waals surface area contributed by atoms with Crippen molar-refractivity contribution in [1.82, 2.24) is 0 Å². The zero-order chi connectivity index (χ0) is 9.84. The van der Waals surface area contributed by atoms with E-state index in [0.717, 1.165) is 20.8 Å². The Kier molecular flexibility index (Phi) is 3.75. The minimum Gasteiger partial charge on any atom is -0.439 e. The average molecular weight is 209 g/mol. The summed E-state index contributed by atoms with van der Waals surface area (Å²) in [5, 5.41) is 0. The molecular formula is C10H19NSi2. The Labute approximate surface area is 87.2 Å². The molecule has 0 aromatic heterocycles. The molecule has 1 aromatic rings. The van der Waals surface area contributed by atoms with Gasteiger partial charge in [0.15, 0.2) is 0 Å². The Morgan fingerprint density at radius 1 is 1.23 bits per heavy atom. The van der Waals surface area contributed by atoms with Gasteiger partial charge in [0.2, 0.25) is 0 Å². The number of nitrogens with zero attached hydrogens (tertiary/aromatic N) is 1. The molecule has 0 saturated heterocycles. The molecular weight excluding hydrogens is 190 g/mol. The van der Waals surface area contributed by atoms with Crippen molar-refractivity contribution in [2.75, 3.05) is 4.23 Å². The van der Waals surface area contributed by atoms with E-state index in [-0.39, 0.29) is 0 Å². The Hall–Kier alpha value is -0.546. The molecule has 1 atom stereocenters. The second kappa shape index (κ2) is 4.62. The third-order valence-corrected chi connectivity index (χ3v) is 3.62. The monoisotopic (exact) mass is 209 g/mol. The molecule has 0 fully saturated rings. The van der Waals surface area contributed by atoms with Crippen molar-refractivity contribution in [2.24, 2.45) is 0 Å². The maximum atomic E-state index is 2.40. The zero-order valence-corrected chi connectivity index (χ0v) is 13.0. The molecule has 0 unspecified atom stereocenters. The third-order valence-electron chi connectivity index (χ3n) is 2.59. The molecule has 0 aliphatic heterocycles. The van der Waals surface area contributed by atoms with Gasteiger partial charge in [-0.25, -0.2) is 0 Å². The van der Waals surface area contributed by atoms with Crippen LogP contribution in [0.3, 0.4) is 0 Å². The predicted molar refractivity (Wildman–Crippen MR) is 67.5 cm³/mol. The van der Waals surface area contributed by atoms with Crippen LogP contribution in [0.15, 0.2) is 24.3 Å². The summed E-state index contributed by atoms with van der Waals surface area (Å²) < 4.78 is 2.40. The second-order valence-corrected chi connectivity index (χ2v) is 8.27. The molecule has 1 rings (SSSR count). The van der Waals surface area contributed by atoms with E-state index < -0.39 is 0 Å². The lowest BCUT2D eigenvalue weighted by molar-refractivity contribution is 0.734. The average Bonchev–Trinajstić information content (AvgIpc) is 2.17. The van der Waals surface area contributed by atoms with Crippen molar-refractivity contribution in [3.63, 3.8) is 0 Å². The van der Waals surface area contributed by atoms with E-state index in [1.807, 2.05) is 0 Å². The summed E-state index contributed by atoms with van der Waals surface area (Å²) in [6, 6.07) is 9.04. The highest BCUT2D eigenvalue weighted by atomic mass is 28.2. The highest BCUT2D eigenvalue weighted by molar-refractivity contribution is 6.41. The van der Waals surface area contributed by atoms with Crippen LogP contribution in [0.5, 0.6) is 0 Å². The molecule has 3 heteroatoms. The van der Waals surface area contributed by atoms with Gasteiger partial charge in [0.25, 0.3) is 0 Å². The van der Waals surface area contributed by atoms with Gasteiger partial charge in [0.1, 0.15) is 0 Å². The highest BCUT2D eigenvalue weighted by Gasteiger charge is 2.02. The van der Waals surface area contributed by atoms with Gasteiger partial charge in [-0.2, -0.15) is 0 Å². The van der Waals surface area contributed by atoms with E-state index in [2.05, 4.69) is 42.3 Å². The molecule has 72 valence electrons. The minimum absolute atomic E-state index is 0.700. The van der Waals surface area contributed by atoms with Gasteiger partial charge in [-0.05, 0) is 30.0 Å². The molecule has 0 bridgehead atoms. The first-order valence-electron chi connectivity index (χ1n) is 4.92. The van der Waals surface area contributed by atoms with Crippen molar-refractivity contribution in [3.05, 3.63) is 29.8 Å². The minimum atomic E-state index is 0.700. The Balaban J connectivity index is 2.81. The molecule has 0 spiro atoms. The summed E-state index contributed by atoms with van der Waals surface area (Å²) in [7, 11) is 2.29. The number of hydrogen-bond acceptors (Lipinski definition) is 1. The number of rotatable bonds is 3. The molecule has 13 heavy (non-hydrogen) atoms. The van der Waals surface area contributed by atoms with Gasteiger partial charge in [-0.1, -0.05) is 26.0 Å². The van der Waals surface area contributed by atoms with Crippen LogP contribution in [-0.2, 0) is 0 Å². The van der Waals surface area contributed by atoms with Crippen LogP contribution in [0, 0.1) is 0 Å². The summed E-state index contributed by atoms with van der Waals surface area (Å²) in [5.74, 6) is 0.700. The quantitative estimate of drug-likeness (QED) is 0.658. The zero-order valence-electron chi connectivity index (χ0n) is 9.04. The fourth-order valence-electron chi connectivity index (χ4n) is 1.34. The molecule has 1 nitrogen and oxygen atoms in total. The van der Waals surface area contributed by atoms with Crippen LogP contribution in [0.4, 0.5) is 5.69 Å². The van der Waals surface area contributed by atoms with Gasteiger partial charge < -0.3 is 4.23 Å². The summed E-state index contributed by atoms with van der Waals surface area (Å²) in [4.78, 5) is 0. The van der Waals surface area contributed by atoms with Crippen molar-refractivity contribution in [3.8, 4) is 0 Å². The van der Waals surface area contributed by atoms with Crippen molar-refractivity contribution < 1.29 is 0 Å². The summed E-state index contributed by atoms with van der Waals surface area (Å²) in [6.45, 7) is 4.53. The fourth-order valence-corrected chi connectivity index (χ4v) is 1.93. The fraction of sp³-hybridized carbons (Fsp3) is 0.400. The van der Waals surface area contributed by atoms with Crippen molar-refractivity contribution in [1.29, 1.82) is 0 Å². The third kappa shape index (κ3) is 2.70. The van der Waals surface area contributed by atoms with Crippen molar-refractivity contribution >= 4 is 26.5 Å². The van der Waals surface area contributed by atoms with Crippen LogP contribution in [0.2, 0.25) is 0 Å². The first-order valence-corrected chi connectivity index (χ1v) is 6.71. The smallest absolute Gasteiger partial charge is 0.0965 e. The molecule has 0 heterocycles. The maximum Gasteiger partial charge on any atom is 0.0965 e. The Morgan fingerprint density at radius 2 is 1.77 bits per heavy atom. The standard InChI is InChI=1S/C10H19NSi2/c1-3-8(2)9-4-6-10(7-5-9)11(12)13/h4-8H,3H2,1-2,12-13H3/t8-/m0/s1. The number of anilines is 1. The summed E-state index contributed by atoms with van der Waals surface area (Å²) >= 11 is 0. The molecule has 1 aromatic carbocycles. The largest absolute Gasteiger partial charge is 0.439 e. The van der Waals surface area contributed by atoms with Crippen LogP contribution in [0.1, 0.15) is 31.7 Å². The SMILES string of the molecule is CC[C@H](C)c1ccc(N([SiH3])[SiH3])cc1. The lowest BCUT2D eigenvalue weighted by Crippen LogP contribution is -2.13. The normalized spacial score (nSPS) is 13.1. The molecule has 0 amide bonds. The molecule has 0 N–H and O–H groups in total. The first-order chi connectivity index (χ1) is 6.15. The van der Waals surface area contributed by atoms with Crippen LogP contribution >= 0.6 is 0 Å². The van der Waals surface area contributed by atoms with Gasteiger partial charge in [-0.3, -0.25) is 0 Å². The van der Waals surface area contributed by atoms with E-state index in [0.29, 0.717) is 5.92 Å². The Bertz CT molecular complexity index is 256. The molecule has 0 aliphatic rings. The molecule has 0 aliphatic carbocycles. The van der Waals surface area contributed by atoms with E-state index in [4.69, 9.17) is 0 Å². The van der Waals surface area contributed by atoms with Crippen molar-refractivity contribution in [2.45, 2.75) is 26.2 Å². The van der Waals surface area contributed by atoms with E-state index >= 15 is 0 Å².